The average Bonchev–Trinajstić information content (AvgIpc) is 3.32. The average molecular weight is 694 g/mol. The summed E-state index contributed by atoms with van der Waals surface area (Å²) in [6.07, 6.45) is -0.222. The number of likely N-dealkylation sites (N-methyl/N-ethyl adjacent to an activating group) is 1. The van der Waals surface area contributed by atoms with Gasteiger partial charge in [-0.2, -0.15) is 0 Å². The van der Waals surface area contributed by atoms with Crippen LogP contribution in [0.5, 0.6) is 5.75 Å². The van der Waals surface area contributed by atoms with E-state index in [1.54, 1.807) is 18.2 Å². The van der Waals surface area contributed by atoms with Crippen molar-refractivity contribution < 1.29 is 54.3 Å². The van der Waals surface area contributed by atoms with Crippen LogP contribution in [0.15, 0.2) is 77.3 Å². The molecule has 4 atom stereocenters. The summed E-state index contributed by atoms with van der Waals surface area (Å²) in [5.41, 5.74) is 1.94. The second kappa shape index (κ2) is 11.5. The molecular weight excluding hydrogens is 662 g/mol. The summed E-state index contributed by atoms with van der Waals surface area (Å²) in [5.74, 6) is -10.7. The Bertz CT molecular complexity index is 2200. The number of aromatic hydroxyl groups is 1. The molecule has 3 aromatic rings. The van der Waals surface area contributed by atoms with E-state index in [1.807, 2.05) is 0 Å². The largest absolute Gasteiger partial charge is 0.510 e. The number of nitrogens with zero attached hydrogens (tertiary/aromatic N) is 2. The third kappa shape index (κ3) is 4.63. The molecule has 51 heavy (non-hydrogen) atoms. The van der Waals surface area contributed by atoms with Crippen molar-refractivity contribution in [1.29, 1.82) is 0 Å². The molecule has 0 spiro atoms. The van der Waals surface area contributed by atoms with E-state index in [-0.39, 0.29) is 46.2 Å². The first-order valence-corrected chi connectivity index (χ1v) is 15.9. The highest BCUT2D eigenvalue weighted by atomic mass is 16.4. The number of ketones is 2. The summed E-state index contributed by atoms with van der Waals surface area (Å²) in [7, 11) is 3.05. The van der Waals surface area contributed by atoms with Crippen molar-refractivity contribution in [2.24, 2.45) is 17.6 Å². The van der Waals surface area contributed by atoms with Crippen molar-refractivity contribution in [3.63, 3.8) is 0 Å². The Kier molecular flexibility index (Phi) is 7.51. The minimum absolute atomic E-state index is 0.0523. The van der Waals surface area contributed by atoms with Gasteiger partial charge in [-0.15, -0.1) is 0 Å². The predicted molar refractivity (Wildman–Crippen MR) is 177 cm³/mol. The van der Waals surface area contributed by atoms with Gasteiger partial charge >= 0.3 is 5.97 Å². The maximum Gasteiger partial charge on any atom is 0.335 e. The number of amides is 3. The highest BCUT2D eigenvalue weighted by Gasteiger charge is 2.63. The lowest BCUT2D eigenvalue weighted by molar-refractivity contribution is -0.148. The Hall–Kier alpha value is -6.12. The molecule has 3 amide bonds. The van der Waals surface area contributed by atoms with Gasteiger partial charge < -0.3 is 31.3 Å². The first-order chi connectivity index (χ1) is 24.1. The number of hydrogen-bond acceptors (Lipinski definition) is 11. The summed E-state index contributed by atoms with van der Waals surface area (Å²) in [6.45, 7) is -0.486. The Morgan fingerprint density at radius 2 is 1.59 bits per heavy atom. The van der Waals surface area contributed by atoms with Gasteiger partial charge in [0.1, 0.15) is 22.8 Å². The molecule has 0 bridgehead atoms. The lowest BCUT2D eigenvalue weighted by Crippen LogP contribution is -2.63. The van der Waals surface area contributed by atoms with Crippen LogP contribution in [0.3, 0.4) is 0 Å². The molecule has 260 valence electrons. The van der Waals surface area contributed by atoms with Crippen molar-refractivity contribution in [2.75, 3.05) is 14.1 Å². The summed E-state index contributed by atoms with van der Waals surface area (Å²) in [6, 6.07) is 12.3. The third-order valence-corrected chi connectivity index (χ3v) is 10.4. The fourth-order valence-electron chi connectivity index (χ4n) is 8.13. The molecule has 14 nitrogen and oxygen atoms in total. The molecule has 3 aliphatic carbocycles. The van der Waals surface area contributed by atoms with Crippen molar-refractivity contribution >= 4 is 35.3 Å². The number of rotatable bonds is 6. The zero-order valence-electron chi connectivity index (χ0n) is 27.2. The summed E-state index contributed by atoms with van der Waals surface area (Å²) < 4.78 is 0. The van der Waals surface area contributed by atoms with E-state index in [0.717, 1.165) is 4.90 Å². The number of carboxylic acids is 1. The van der Waals surface area contributed by atoms with Gasteiger partial charge in [0.2, 0.25) is 5.78 Å². The van der Waals surface area contributed by atoms with E-state index in [0.29, 0.717) is 11.1 Å². The zero-order valence-corrected chi connectivity index (χ0v) is 27.2. The smallest absolute Gasteiger partial charge is 0.335 e. The SMILES string of the molecule is CN(C)[C@@H]1C(O)=C(C(N)=O)C(=O)[C@@]2(O)C(O)=C3C(=O)c4c(O)c(CN5C(=O)c6ccccc6C5=O)cc(-c5cccc(C(=O)O)c5)c4C[C@H]3C[C@@H]12. The molecular formula is C37H31N3O11. The molecule has 14 heteroatoms. The second-order valence-electron chi connectivity index (χ2n) is 13.4. The highest BCUT2D eigenvalue weighted by molar-refractivity contribution is 6.25. The lowest BCUT2D eigenvalue weighted by Gasteiger charge is -2.50. The molecule has 7 N–H and O–H groups in total. The number of phenols is 1. The number of nitrogens with two attached hydrogens (primary N) is 1. The standard InChI is InChI=1S/C37H31N3O11/c1-39(2)27-23-13-17-11-22-21(15-6-5-7-16(10-15)36(49)50)12-18(14-40-34(47)19-8-3-4-9-20(19)35(40)48)28(41)25(22)29(42)24(17)31(44)37(23,51)32(45)26(30(27)43)33(38)46/h3-10,12,17,23,27,41,43-44,51H,11,13-14H2,1-2H3,(H2,38,46)(H,49,50)/t17-,23-,27-,37-/m0/s1. The van der Waals surface area contributed by atoms with Crippen LogP contribution in [0.25, 0.3) is 11.1 Å². The van der Waals surface area contributed by atoms with E-state index in [2.05, 4.69) is 0 Å². The number of carbonyl (C=O) groups excluding carboxylic acids is 5. The van der Waals surface area contributed by atoms with E-state index in [1.165, 1.54) is 55.4 Å². The van der Waals surface area contributed by atoms with Crippen molar-refractivity contribution in [3.8, 4) is 16.9 Å². The topological polar surface area (TPSA) is 236 Å². The summed E-state index contributed by atoms with van der Waals surface area (Å²) in [5, 5.41) is 56.2. The maximum atomic E-state index is 14.6. The van der Waals surface area contributed by atoms with Gasteiger partial charge in [-0.3, -0.25) is 33.8 Å². The molecule has 0 fully saturated rings. The molecule has 0 radical (unpaired) electrons. The normalized spacial score (nSPS) is 24.1. The van der Waals surface area contributed by atoms with Crippen LogP contribution in [0.2, 0.25) is 0 Å². The number of aromatic carboxylic acids is 1. The van der Waals surface area contributed by atoms with Gasteiger partial charge in [-0.05, 0) is 79.9 Å². The number of aliphatic hydroxyl groups excluding tert-OH is 2. The molecule has 0 saturated carbocycles. The number of carboxylic acid groups (broad SMARTS) is 1. The Labute approximate surface area is 289 Å². The van der Waals surface area contributed by atoms with Gasteiger partial charge in [-0.25, -0.2) is 4.79 Å². The number of benzene rings is 3. The number of imide groups is 1. The second-order valence-corrected chi connectivity index (χ2v) is 13.4. The molecule has 1 aliphatic heterocycles. The van der Waals surface area contributed by atoms with Crippen molar-refractivity contribution in [3.05, 3.63) is 111 Å². The van der Waals surface area contributed by atoms with Gasteiger partial charge in [0.15, 0.2) is 11.4 Å². The minimum Gasteiger partial charge on any atom is -0.510 e. The zero-order chi connectivity index (χ0) is 36.8. The van der Waals surface area contributed by atoms with Gasteiger partial charge in [0.25, 0.3) is 17.7 Å². The summed E-state index contributed by atoms with van der Waals surface area (Å²) in [4.78, 5) is 81.4. The number of Topliss-reactive ketones (excluding diaryl/α,β-unsaturated/α-hetero) is 2. The van der Waals surface area contributed by atoms with Gasteiger partial charge in [0.05, 0.1) is 34.8 Å². The molecule has 0 unspecified atom stereocenters. The van der Waals surface area contributed by atoms with E-state index in [4.69, 9.17) is 5.73 Å². The first-order valence-electron chi connectivity index (χ1n) is 15.9. The molecule has 4 aliphatic rings. The fraction of sp³-hybridized carbons (Fsp3) is 0.243. The molecule has 1 heterocycles. The Morgan fingerprint density at radius 1 is 0.941 bits per heavy atom. The highest BCUT2D eigenvalue weighted by Crippen LogP contribution is 2.53. The Morgan fingerprint density at radius 3 is 2.18 bits per heavy atom. The van der Waals surface area contributed by atoms with Crippen LogP contribution in [0, 0.1) is 11.8 Å². The van der Waals surface area contributed by atoms with Gasteiger partial charge in [0, 0.05) is 17.1 Å². The number of allylic oxidation sites excluding steroid dienone is 1. The molecule has 3 aromatic carbocycles. The quantitative estimate of drug-likeness (QED) is 0.161. The maximum absolute atomic E-state index is 14.6. The lowest BCUT2D eigenvalue weighted by atomic mass is 9.58. The fourth-order valence-corrected chi connectivity index (χ4v) is 8.13. The van der Waals surface area contributed by atoms with Crippen molar-refractivity contribution in [1.82, 2.24) is 9.80 Å². The summed E-state index contributed by atoms with van der Waals surface area (Å²) >= 11 is 0. The van der Waals surface area contributed by atoms with Crippen LogP contribution in [0.4, 0.5) is 0 Å². The monoisotopic (exact) mass is 693 g/mol. The van der Waals surface area contributed by atoms with Gasteiger partial charge in [-0.1, -0.05) is 24.3 Å². The molecule has 0 saturated heterocycles. The number of aliphatic hydroxyl groups is 3. The van der Waals surface area contributed by atoms with Crippen LogP contribution < -0.4 is 5.73 Å². The van der Waals surface area contributed by atoms with Crippen molar-refractivity contribution in [2.45, 2.75) is 31.0 Å². The predicted octanol–water partition coefficient (Wildman–Crippen LogP) is 2.28. The van der Waals surface area contributed by atoms with Crippen LogP contribution in [0.1, 0.15) is 59.0 Å². The molecule has 0 aromatic heterocycles. The van der Waals surface area contributed by atoms with Crippen LogP contribution in [-0.2, 0) is 22.6 Å². The minimum atomic E-state index is -2.85. The number of phenolic OH excluding ortho intramolecular Hbond substituents is 1. The third-order valence-electron chi connectivity index (χ3n) is 10.4. The van der Waals surface area contributed by atoms with Crippen LogP contribution >= 0.6 is 0 Å². The van der Waals surface area contributed by atoms with E-state index >= 15 is 0 Å². The first kappa shape index (κ1) is 33.4. The van der Waals surface area contributed by atoms with E-state index < -0.39 is 93.7 Å². The Balaban J connectivity index is 1.43. The molecule has 7 rings (SSSR count). The van der Waals surface area contributed by atoms with Crippen LogP contribution in [-0.4, -0.2) is 96.3 Å². The number of hydrogen-bond donors (Lipinski definition) is 6. The number of carbonyl (C=O) groups is 6. The number of fused-ring (bicyclic) bond motifs is 4. The number of primary amides is 1. The van der Waals surface area contributed by atoms with E-state index in [9.17, 15) is 54.3 Å².